The standard InChI is InChI=1S/C26H22F4N8O3/c1-25(2,3)20-11-21(38(37-20)14-4-6-15(7-5-14)41-26(28,29)30)36-24(39)35-19-9-8-16(10-18(19)27)40-23-17(12-31)22(32)33-13-34-23/h4-11,13H,1-3H3,(H2,32,33,34)(H2,35,36,39). The number of nitrogens with one attached hydrogen (secondary N) is 2. The Labute approximate surface area is 230 Å². The zero-order chi connectivity index (χ0) is 29.9. The molecule has 15 heteroatoms. The highest BCUT2D eigenvalue weighted by Gasteiger charge is 2.31. The van der Waals surface area contributed by atoms with Gasteiger partial charge in [-0.15, -0.1) is 13.2 Å². The first-order chi connectivity index (χ1) is 19.2. The Bertz CT molecular complexity index is 1620. The maximum absolute atomic E-state index is 14.8. The van der Waals surface area contributed by atoms with E-state index in [1.54, 1.807) is 12.1 Å². The number of urea groups is 1. The molecule has 0 aliphatic heterocycles. The Hall–Kier alpha value is -5.39. The second-order valence-electron chi connectivity index (χ2n) is 9.49. The first-order valence-electron chi connectivity index (χ1n) is 11.8. The molecule has 0 saturated heterocycles. The van der Waals surface area contributed by atoms with E-state index in [1.165, 1.54) is 28.9 Å². The predicted molar refractivity (Wildman–Crippen MR) is 139 cm³/mol. The summed E-state index contributed by atoms with van der Waals surface area (Å²) in [6.07, 6.45) is -3.76. The van der Waals surface area contributed by atoms with E-state index in [1.807, 2.05) is 20.8 Å². The number of hydrogen-bond acceptors (Lipinski definition) is 8. The van der Waals surface area contributed by atoms with E-state index in [4.69, 9.17) is 10.5 Å². The number of hydrogen-bond donors (Lipinski definition) is 3. The molecule has 2 aromatic heterocycles. The smallest absolute Gasteiger partial charge is 0.437 e. The topological polar surface area (TPSA) is 153 Å². The Morgan fingerprint density at radius 1 is 1.02 bits per heavy atom. The molecule has 0 spiro atoms. The Kier molecular flexibility index (Phi) is 7.68. The second-order valence-corrected chi connectivity index (χ2v) is 9.49. The summed E-state index contributed by atoms with van der Waals surface area (Å²) < 4.78 is 63.1. The van der Waals surface area contributed by atoms with Crippen LogP contribution >= 0.6 is 0 Å². The van der Waals surface area contributed by atoms with Gasteiger partial charge in [-0.2, -0.15) is 10.4 Å². The molecule has 2 amide bonds. The van der Waals surface area contributed by atoms with Crippen molar-refractivity contribution in [2.24, 2.45) is 0 Å². The van der Waals surface area contributed by atoms with Crippen molar-refractivity contribution in [1.29, 1.82) is 5.26 Å². The molecule has 0 aliphatic carbocycles. The van der Waals surface area contributed by atoms with Gasteiger partial charge in [0.15, 0.2) is 5.56 Å². The molecule has 212 valence electrons. The first-order valence-corrected chi connectivity index (χ1v) is 11.8. The van der Waals surface area contributed by atoms with E-state index in [0.29, 0.717) is 11.4 Å². The van der Waals surface area contributed by atoms with Crippen molar-refractivity contribution in [3.63, 3.8) is 0 Å². The third-order valence-electron chi connectivity index (χ3n) is 5.39. The molecule has 0 bridgehead atoms. The number of benzene rings is 2. The zero-order valence-electron chi connectivity index (χ0n) is 21.7. The summed E-state index contributed by atoms with van der Waals surface area (Å²) in [5.41, 5.74) is 5.76. The number of nitrogen functional groups attached to an aromatic ring is 1. The number of rotatable bonds is 6. The van der Waals surface area contributed by atoms with Crippen LogP contribution in [0.5, 0.6) is 17.4 Å². The van der Waals surface area contributed by atoms with Crippen LogP contribution in [0.1, 0.15) is 32.0 Å². The molecular formula is C26H22F4N8O3. The lowest BCUT2D eigenvalue weighted by molar-refractivity contribution is -0.274. The van der Waals surface area contributed by atoms with E-state index >= 15 is 0 Å². The lowest BCUT2D eigenvalue weighted by Gasteiger charge is -2.14. The van der Waals surface area contributed by atoms with E-state index in [2.05, 4.69) is 30.4 Å². The van der Waals surface area contributed by atoms with Gasteiger partial charge < -0.3 is 20.5 Å². The van der Waals surface area contributed by atoms with Gasteiger partial charge in [-0.3, -0.25) is 5.32 Å². The van der Waals surface area contributed by atoms with Crippen LogP contribution in [0.2, 0.25) is 0 Å². The highest BCUT2D eigenvalue weighted by molar-refractivity contribution is 5.99. The molecule has 41 heavy (non-hydrogen) atoms. The number of carbonyl (C=O) groups is 1. The van der Waals surface area contributed by atoms with Crippen molar-refractivity contribution >= 4 is 23.4 Å². The van der Waals surface area contributed by atoms with Crippen LogP contribution in [0.25, 0.3) is 5.69 Å². The molecule has 11 nitrogen and oxygen atoms in total. The Morgan fingerprint density at radius 2 is 1.71 bits per heavy atom. The van der Waals surface area contributed by atoms with Crippen molar-refractivity contribution < 1.29 is 31.8 Å². The van der Waals surface area contributed by atoms with Crippen LogP contribution in [0, 0.1) is 17.1 Å². The summed E-state index contributed by atoms with van der Waals surface area (Å²) in [7, 11) is 0. The fourth-order valence-electron chi connectivity index (χ4n) is 3.43. The summed E-state index contributed by atoms with van der Waals surface area (Å²) in [6, 6.07) is 11.0. The number of carbonyl (C=O) groups excluding carboxylic acids is 1. The zero-order valence-corrected chi connectivity index (χ0v) is 21.7. The minimum Gasteiger partial charge on any atom is -0.437 e. The summed E-state index contributed by atoms with van der Waals surface area (Å²) in [6.45, 7) is 5.66. The van der Waals surface area contributed by atoms with E-state index in [-0.39, 0.29) is 34.5 Å². The van der Waals surface area contributed by atoms with Gasteiger partial charge in [0.25, 0.3) is 0 Å². The molecule has 0 aliphatic rings. The van der Waals surface area contributed by atoms with Crippen LogP contribution < -0.4 is 25.8 Å². The summed E-state index contributed by atoms with van der Waals surface area (Å²) >= 11 is 0. The van der Waals surface area contributed by atoms with Gasteiger partial charge in [0.1, 0.15) is 41.3 Å². The lowest BCUT2D eigenvalue weighted by Crippen LogP contribution is -2.22. The number of ether oxygens (including phenoxy) is 2. The summed E-state index contributed by atoms with van der Waals surface area (Å²) in [5.74, 6) is -1.41. The summed E-state index contributed by atoms with van der Waals surface area (Å²) in [4.78, 5) is 20.3. The van der Waals surface area contributed by atoms with Crippen LogP contribution in [-0.2, 0) is 5.41 Å². The highest BCUT2D eigenvalue weighted by Crippen LogP contribution is 2.30. The average Bonchev–Trinajstić information content (AvgIpc) is 3.29. The van der Waals surface area contributed by atoms with Crippen LogP contribution in [-0.4, -0.2) is 32.1 Å². The van der Waals surface area contributed by atoms with E-state index in [9.17, 15) is 27.6 Å². The normalized spacial score (nSPS) is 11.5. The number of halogens is 4. The Morgan fingerprint density at radius 3 is 2.32 bits per heavy atom. The van der Waals surface area contributed by atoms with Gasteiger partial charge in [0.2, 0.25) is 5.88 Å². The van der Waals surface area contributed by atoms with Crippen molar-refractivity contribution in [3.8, 4) is 29.1 Å². The van der Waals surface area contributed by atoms with Crippen molar-refractivity contribution in [3.05, 3.63) is 71.9 Å². The monoisotopic (exact) mass is 570 g/mol. The van der Waals surface area contributed by atoms with Crippen LogP contribution in [0.3, 0.4) is 0 Å². The predicted octanol–water partition coefficient (Wildman–Crippen LogP) is 5.89. The maximum atomic E-state index is 14.8. The fourth-order valence-corrected chi connectivity index (χ4v) is 3.43. The first kappa shape index (κ1) is 28.6. The minimum atomic E-state index is -4.85. The number of nitrogens with two attached hydrogens (primary N) is 1. The highest BCUT2D eigenvalue weighted by atomic mass is 19.4. The SMILES string of the molecule is CC(C)(C)c1cc(NC(=O)Nc2ccc(Oc3ncnc(N)c3C#N)cc2F)n(-c2ccc(OC(F)(F)F)cc2)n1. The summed E-state index contributed by atoms with van der Waals surface area (Å²) in [5, 5.41) is 18.7. The Balaban J connectivity index is 1.53. The quantitative estimate of drug-likeness (QED) is 0.243. The van der Waals surface area contributed by atoms with Gasteiger partial charge in [-0.05, 0) is 36.4 Å². The molecule has 2 aromatic carbocycles. The molecular weight excluding hydrogens is 548 g/mol. The van der Waals surface area contributed by atoms with Gasteiger partial charge in [0.05, 0.1) is 17.1 Å². The van der Waals surface area contributed by atoms with Gasteiger partial charge in [-0.1, -0.05) is 20.8 Å². The largest absolute Gasteiger partial charge is 0.573 e. The molecule has 0 saturated carbocycles. The molecule has 0 fully saturated rings. The lowest BCUT2D eigenvalue weighted by atomic mass is 9.92. The molecule has 4 N–H and O–H groups in total. The molecule has 0 radical (unpaired) electrons. The van der Waals surface area contributed by atoms with E-state index in [0.717, 1.165) is 24.5 Å². The average molecular weight is 571 g/mol. The van der Waals surface area contributed by atoms with Crippen molar-refractivity contribution in [2.45, 2.75) is 32.5 Å². The van der Waals surface area contributed by atoms with Crippen molar-refractivity contribution in [2.75, 3.05) is 16.4 Å². The third-order valence-corrected chi connectivity index (χ3v) is 5.39. The van der Waals surface area contributed by atoms with E-state index < -0.39 is 29.4 Å². The number of anilines is 3. The number of nitrogens with zero attached hydrogens (tertiary/aromatic N) is 5. The molecule has 0 unspecified atom stereocenters. The third kappa shape index (κ3) is 6.98. The van der Waals surface area contributed by atoms with Crippen LogP contribution in [0.15, 0.2) is 54.9 Å². The maximum Gasteiger partial charge on any atom is 0.573 e. The minimum absolute atomic E-state index is 0.0195. The number of alkyl halides is 3. The van der Waals surface area contributed by atoms with Gasteiger partial charge >= 0.3 is 12.4 Å². The second kappa shape index (κ2) is 11.0. The van der Waals surface area contributed by atoms with Crippen LogP contribution in [0.4, 0.5) is 39.7 Å². The fraction of sp³-hybridized carbons (Fsp3) is 0.192. The molecule has 4 rings (SSSR count). The van der Waals surface area contributed by atoms with Crippen molar-refractivity contribution in [1.82, 2.24) is 19.7 Å². The number of nitriles is 1. The molecule has 2 heterocycles. The molecule has 0 atom stereocenters. The van der Waals surface area contributed by atoms with Gasteiger partial charge in [0, 0.05) is 17.5 Å². The molecule has 4 aromatic rings. The number of amides is 2. The van der Waals surface area contributed by atoms with Gasteiger partial charge in [-0.25, -0.2) is 23.8 Å². The number of aromatic nitrogens is 4.